The number of carbonyl (C=O) groups is 1. The van der Waals surface area contributed by atoms with Crippen LogP contribution in [0.5, 0.6) is 0 Å². The van der Waals surface area contributed by atoms with Crippen molar-refractivity contribution in [1.82, 2.24) is 4.90 Å². The molecule has 2 unspecified atom stereocenters. The summed E-state index contributed by atoms with van der Waals surface area (Å²) in [6.07, 6.45) is -11.8. The van der Waals surface area contributed by atoms with Crippen LogP contribution in [0.15, 0.2) is 53.5 Å². The van der Waals surface area contributed by atoms with Crippen LogP contribution in [0.3, 0.4) is 0 Å². The Morgan fingerprint density at radius 3 is 2.17 bits per heavy atom. The molecule has 1 heterocycles. The van der Waals surface area contributed by atoms with E-state index in [0.717, 1.165) is 4.90 Å². The molecule has 1 fully saturated rings. The number of benzene rings is 2. The van der Waals surface area contributed by atoms with Gasteiger partial charge in [0.25, 0.3) is 0 Å². The zero-order valence-electron chi connectivity index (χ0n) is 21.9. The van der Waals surface area contributed by atoms with E-state index in [1.54, 1.807) is 30.3 Å². The van der Waals surface area contributed by atoms with Crippen molar-refractivity contribution in [2.24, 2.45) is 4.99 Å². The molecule has 2 aromatic rings. The molecule has 2 aliphatic rings. The van der Waals surface area contributed by atoms with Gasteiger partial charge in [-0.15, -0.1) is 0 Å². The van der Waals surface area contributed by atoms with Crippen LogP contribution in [0.2, 0.25) is 0 Å². The van der Waals surface area contributed by atoms with Crippen molar-refractivity contribution in [3.63, 3.8) is 0 Å². The molecule has 0 saturated heterocycles. The van der Waals surface area contributed by atoms with Crippen molar-refractivity contribution < 1.29 is 45.7 Å². The number of rotatable bonds is 7. The maximum absolute atomic E-state index is 13.4. The molecule has 4 rings (SSSR count). The quantitative estimate of drug-likeness (QED) is 0.237. The molecule has 0 N–H and O–H groups in total. The second-order valence-electron chi connectivity index (χ2n) is 10.2. The summed E-state index contributed by atoms with van der Waals surface area (Å²) in [4.78, 5) is 39.3. The van der Waals surface area contributed by atoms with Gasteiger partial charge in [0.1, 0.15) is 0 Å². The monoisotopic (exact) mass is 602 g/mol. The highest BCUT2D eigenvalue weighted by molar-refractivity contribution is 6.00. The van der Waals surface area contributed by atoms with Crippen molar-refractivity contribution >= 4 is 11.9 Å². The number of aliphatic imine (C=N–C) groups is 1. The molecule has 0 radical (unpaired) electrons. The Morgan fingerprint density at radius 1 is 1.05 bits per heavy atom. The summed E-state index contributed by atoms with van der Waals surface area (Å²) in [7, 11) is 0. The first-order valence-corrected chi connectivity index (χ1v) is 12.7. The van der Waals surface area contributed by atoms with Crippen LogP contribution in [0.1, 0.15) is 54.5 Å². The normalized spacial score (nSPS) is 23.9. The molecule has 1 amide bonds. The molecule has 2 aromatic carbocycles. The fraction of sp³-hybridized carbons (Fsp3) is 0.462. The molecule has 1 saturated carbocycles. The standard InChI is InChI=1S/C26H24F6N4O6/c1-15(16-9-18(25(27,28)29)11-19(10-16)26(30,31)32)42-14-24(17-5-3-2-4-6-17)8-7-20(12-21(24)35(38)39)34-22(37)13-33-23(34)36(40)41/h2-6,9-11,15,20-21H,7-8,12-14H2,1H3/t15-,20?,21?,24-/m1/s1. The van der Waals surface area contributed by atoms with Crippen LogP contribution >= 0.6 is 0 Å². The third-order valence-corrected chi connectivity index (χ3v) is 7.70. The third kappa shape index (κ3) is 6.07. The van der Waals surface area contributed by atoms with Crippen LogP contribution in [0.4, 0.5) is 26.3 Å². The summed E-state index contributed by atoms with van der Waals surface area (Å²) in [5, 5.41) is 23.9. The van der Waals surface area contributed by atoms with Crippen LogP contribution in [0.25, 0.3) is 0 Å². The minimum Gasteiger partial charge on any atom is -0.390 e. The first kappa shape index (κ1) is 30.9. The van der Waals surface area contributed by atoms with Crippen LogP contribution in [0, 0.1) is 20.2 Å². The number of guanidine groups is 1. The van der Waals surface area contributed by atoms with E-state index in [-0.39, 0.29) is 25.3 Å². The molecule has 16 heteroatoms. The Hall–Kier alpha value is -4.08. The SMILES string of the molecule is C[C@@H](OC[C@@]1(c2ccccc2)CCC(N2C(=O)CN=C2[N+](=O)[O-])CC1[N+](=O)[O-])c1cc(C(F)(F)F)cc(C(F)(F)F)c1. The third-order valence-electron chi connectivity index (χ3n) is 7.70. The van der Waals surface area contributed by atoms with Gasteiger partial charge in [-0.2, -0.15) is 31.2 Å². The van der Waals surface area contributed by atoms with Crippen molar-refractivity contribution in [1.29, 1.82) is 0 Å². The van der Waals surface area contributed by atoms with Crippen molar-refractivity contribution in [3.05, 3.63) is 91.0 Å². The highest BCUT2D eigenvalue weighted by Gasteiger charge is 2.56. The van der Waals surface area contributed by atoms with E-state index in [0.29, 0.717) is 17.7 Å². The fourth-order valence-corrected chi connectivity index (χ4v) is 5.57. The predicted octanol–water partition coefficient (Wildman–Crippen LogP) is 5.41. The second kappa shape index (κ2) is 11.3. The number of nitrogens with zero attached hydrogens (tertiary/aromatic N) is 4. The number of ether oxygens (including phenoxy) is 1. The van der Waals surface area contributed by atoms with Gasteiger partial charge < -0.3 is 14.9 Å². The molecule has 42 heavy (non-hydrogen) atoms. The lowest BCUT2D eigenvalue weighted by Crippen LogP contribution is -2.57. The van der Waals surface area contributed by atoms with E-state index < -0.39 is 87.5 Å². The van der Waals surface area contributed by atoms with Gasteiger partial charge in [0.05, 0.1) is 41.7 Å². The van der Waals surface area contributed by atoms with E-state index in [1.165, 1.54) is 6.92 Å². The molecule has 4 atom stereocenters. The molecule has 0 spiro atoms. The molecular formula is C26H24F6N4O6. The molecule has 226 valence electrons. The van der Waals surface area contributed by atoms with Gasteiger partial charge in [-0.25, -0.2) is 0 Å². The largest absolute Gasteiger partial charge is 0.432 e. The first-order valence-electron chi connectivity index (χ1n) is 12.7. The van der Waals surface area contributed by atoms with E-state index in [4.69, 9.17) is 4.74 Å². The smallest absolute Gasteiger partial charge is 0.390 e. The number of hydrogen-bond acceptors (Lipinski definition) is 7. The topological polar surface area (TPSA) is 128 Å². The van der Waals surface area contributed by atoms with E-state index in [9.17, 15) is 51.4 Å². The lowest BCUT2D eigenvalue weighted by Gasteiger charge is -2.42. The van der Waals surface area contributed by atoms with Gasteiger partial charge in [-0.1, -0.05) is 35.3 Å². The predicted molar refractivity (Wildman–Crippen MR) is 133 cm³/mol. The molecule has 1 aliphatic carbocycles. The van der Waals surface area contributed by atoms with Crippen LogP contribution < -0.4 is 0 Å². The number of amides is 1. The second-order valence-corrected chi connectivity index (χ2v) is 10.2. The zero-order chi connectivity index (χ0) is 31.0. The Labute approximate surface area is 234 Å². The number of hydrogen-bond donors (Lipinski definition) is 0. The van der Waals surface area contributed by atoms with Crippen LogP contribution in [-0.2, 0) is 27.3 Å². The minimum atomic E-state index is -5.07. The van der Waals surface area contributed by atoms with Crippen LogP contribution in [-0.4, -0.2) is 51.8 Å². The number of carbonyl (C=O) groups excluding carboxylic acids is 1. The zero-order valence-corrected chi connectivity index (χ0v) is 21.9. The summed E-state index contributed by atoms with van der Waals surface area (Å²) < 4.78 is 86.3. The first-order chi connectivity index (χ1) is 19.5. The summed E-state index contributed by atoms with van der Waals surface area (Å²) in [6, 6.07) is 6.67. The Bertz CT molecular complexity index is 1370. The number of alkyl halides is 6. The molecule has 1 aliphatic heterocycles. The van der Waals surface area contributed by atoms with E-state index >= 15 is 0 Å². The lowest BCUT2D eigenvalue weighted by molar-refractivity contribution is -0.541. The van der Waals surface area contributed by atoms with E-state index in [2.05, 4.69) is 4.99 Å². The molecule has 10 nitrogen and oxygen atoms in total. The summed E-state index contributed by atoms with van der Waals surface area (Å²) >= 11 is 0. The van der Waals surface area contributed by atoms with Gasteiger partial charge in [0.2, 0.25) is 6.04 Å². The Morgan fingerprint density at radius 2 is 1.64 bits per heavy atom. The number of halogens is 6. The summed E-state index contributed by atoms with van der Waals surface area (Å²) in [5.41, 5.74) is -4.49. The van der Waals surface area contributed by atoms with Crippen molar-refractivity contribution in [2.45, 2.75) is 62.1 Å². The average Bonchev–Trinajstić information content (AvgIpc) is 3.32. The highest BCUT2D eigenvalue weighted by Crippen LogP contribution is 2.45. The lowest BCUT2D eigenvalue weighted by atomic mass is 9.65. The van der Waals surface area contributed by atoms with E-state index in [1.807, 2.05) is 0 Å². The number of nitro groups is 2. The Balaban J connectivity index is 1.68. The minimum absolute atomic E-state index is 0.00609. The maximum Gasteiger partial charge on any atom is 0.432 e. The molecular weight excluding hydrogens is 578 g/mol. The average molecular weight is 602 g/mol. The van der Waals surface area contributed by atoms with Crippen molar-refractivity contribution in [2.75, 3.05) is 13.2 Å². The summed E-state index contributed by atoms with van der Waals surface area (Å²) in [5.74, 6) is -1.40. The van der Waals surface area contributed by atoms with Crippen molar-refractivity contribution in [3.8, 4) is 0 Å². The highest BCUT2D eigenvalue weighted by atomic mass is 19.4. The summed E-state index contributed by atoms with van der Waals surface area (Å²) in [6.45, 7) is 0.291. The van der Waals surface area contributed by atoms with Gasteiger partial charge >= 0.3 is 24.2 Å². The van der Waals surface area contributed by atoms with Gasteiger partial charge in [-0.05, 0) is 54.0 Å². The van der Waals surface area contributed by atoms with Gasteiger partial charge in [-0.3, -0.25) is 14.9 Å². The van der Waals surface area contributed by atoms with Gasteiger partial charge in [0, 0.05) is 4.92 Å². The van der Waals surface area contributed by atoms with Gasteiger partial charge in [0.15, 0.2) is 6.54 Å². The maximum atomic E-state index is 13.4. The fourth-order valence-electron chi connectivity index (χ4n) is 5.57. The molecule has 0 aromatic heterocycles. The molecule has 0 bridgehead atoms. The Kier molecular flexibility index (Phi) is 8.31.